The summed E-state index contributed by atoms with van der Waals surface area (Å²) in [6.45, 7) is 3.40. The Bertz CT molecular complexity index is 606. The Labute approximate surface area is 154 Å². The number of ether oxygens (including phenoxy) is 2. The molecule has 0 saturated carbocycles. The van der Waals surface area contributed by atoms with E-state index in [0.29, 0.717) is 19.6 Å². The van der Waals surface area contributed by atoms with Crippen LogP contribution in [0, 0.1) is 0 Å². The fourth-order valence-corrected chi connectivity index (χ4v) is 2.96. The number of unbranched alkanes of at least 4 members (excludes halogenated alkanes) is 1. The van der Waals surface area contributed by atoms with Gasteiger partial charge < -0.3 is 20.1 Å². The Hall–Kier alpha value is -2.15. The second-order valence-electron chi connectivity index (χ2n) is 6.48. The van der Waals surface area contributed by atoms with Crippen molar-refractivity contribution in [3.05, 3.63) is 23.4 Å². The number of hydrogen-bond donors (Lipinski definition) is 2. The molecular weight excluding hydrogens is 334 g/mol. The van der Waals surface area contributed by atoms with Gasteiger partial charge in [-0.3, -0.25) is 4.79 Å². The van der Waals surface area contributed by atoms with Gasteiger partial charge in [-0.1, -0.05) is 6.07 Å². The molecule has 0 saturated heterocycles. The van der Waals surface area contributed by atoms with Gasteiger partial charge >= 0.3 is 5.97 Å². The Morgan fingerprint density at radius 2 is 2.15 bits per heavy atom. The number of aromatic nitrogens is 1. The molecule has 1 aromatic heterocycles. The van der Waals surface area contributed by atoms with Gasteiger partial charge in [-0.15, -0.1) is 0 Å². The highest BCUT2D eigenvalue weighted by Gasteiger charge is 2.19. The molecule has 0 bridgehead atoms. The van der Waals surface area contributed by atoms with Crippen molar-refractivity contribution >= 4 is 17.7 Å². The Balaban J connectivity index is 1.60. The van der Waals surface area contributed by atoms with Crippen molar-refractivity contribution in [1.29, 1.82) is 0 Å². The Kier molecular flexibility index (Phi) is 8.34. The van der Waals surface area contributed by atoms with Gasteiger partial charge in [0.15, 0.2) is 0 Å². The predicted molar refractivity (Wildman–Crippen MR) is 99.0 cm³/mol. The van der Waals surface area contributed by atoms with E-state index < -0.39 is 12.0 Å². The summed E-state index contributed by atoms with van der Waals surface area (Å²) >= 11 is 0. The lowest BCUT2D eigenvalue weighted by molar-refractivity contribution is -0.145. The summed E-state index contributed by atoms with van der Waals surface area (Å²) in [7, 11) is 1.31. The standard InChI is InChI=1S/C19H29N3O4/c1-14(23)21-17(19(24)25-2)10-13-26-12-4-3-7-16-9-8-15-6-5-11-20-18(15)22-16/h8-9,17H,3-7,10-13H2,1-2H3,(H,20,22)(H,21,23). The molecule has 144 valence electrons. The smallest absolute Gasteiger partial charge is 0.328 e. The van der Waals surface area contributed by atoms with E-state index in [1.165, 1.54) is 26.0 Å². The minimum absolute atomic E-state index is 0.257. The molecule has 7 heteroatoms. The van der Waals surface area contributed by atoms with E-state index in [1.54, 1.807) is 0 Å². The van der Waals surface area contributed by atoms with Gasteiger partial charge in [0.25, 0.3) is 0 Å². The van der Waals surface area contributed by atoms with E-state index in [9.17, 15) is 9.59 Å². The maximum atomic E-state index is 11.6. The highest BCUT2D eigenvalue weighted by Crippen LogP contribution is 2.20. The Morgan fingerprint density at radius 3 is 2.92 bits per heavy atom. The molecule has 0 radical (unpaired) electrons. The van der Waals surface area contributed by atoms with E-state index in [0.717, 1.165) is 43.7 Å². The highest BCUT2D eigenvalue weighted by molar-refractivity contribution is 5.83. The van der Waals surface area contributed by atoms with E-state index in [4.69, 9.17) is 4.74 Å². The van der Waals surface area contributed by atoms with E-state index in [2.05, 4.69) is 32.5 Å². The number of hydrogen-bond acceptors (Lipinski definition) is 6. The molecule has 0 aliphatic carbocycles. The third-order valence-corrected chi connectivity index (χ3v) is 4.34. The molecule has 1 amide bonds. The zero-order chi connectivity index (χ0) is 18.8. The molecule has 0 spiro atoms. The molecule has 2 heterocycles. The zero-order valence-corrected chi connectivity index (χ0v) is 15.7. The largest absolute Gasteiger partial charge is 0.467 e. The predicted octanol–water partition coefficient (Wildman–Crippen LogP) is 1.85. The van der Waals surface area contributed by atoms with Crippen LogP contribution in [-0.2, 0) is 31.9 Å². The molecule has 1 unspecified atom stereocenters. The number of pyridine rings is 1. The zero-order valence-electron chi connectivity index (χ0n) is 15.7. The van der Waals surface area contributed by atoms with Crippen LogP contribution in [0.25, 0.3) is 0 Å². The lowest BCUT2D eigenvalue weighted by atomic mass is 10.1. The van der Waals surface area contributed by atoms with Gasteiger partial charge in [0.2, 0.25) is 5.91 Å². The van der Waals surface area contributed by atoms with Crippen LogP contribution in [-0.4, -0.2) is 49.8 Å². The number of nitrogens with one attached hydrogen (secondary N) is 2. The first kappa shape index (κ1) is 20.2. The molecular formula is C19H29N3O4. The molecule has 1 atom stereocenters. The fourth-order valence-electron chi connectivity index (χ4n) is 2.96. The summed E-state index contributed by atoms with van der Waals surface area (Å²) in [6, 6.07) is 3.64. The number of nitrogens with zero attached hydrogens (tertiary/aromatic N) is 1. The molecule has 1 aliphatic rings. The van der Waals surface area contributed by atoms with Crippen molar-refractivity contribution in [3.63, 3.8) is 0 Å². The number of esters is 1. The number of aryl methyl sites for hydroxylation is 2. The summed E-state index contributed by atoms with van der Waals surface area (Å²) < 4.78 is 10.3. The van der Waals surface area contributed by atoms with Crippen molar-refractivity contribution in [2.45, 2.75) is 51.5 Å². The van der Waals surface area contributed by atoms with Gasteiger partial charge in [-0.05, 0) is 43.7 Å². The Morgan fingerprint density at radius 1 is 1.31 bits per heavy atom. The summed E-state index contributed by atoms with van der Waals surface area (Å²) in [5, 5.41) is 5.93. The van der Waals surface area contributed by atoms with Gasteiger partial charge in [0.05, 0.1) is 7.11 Å². The number of amides is 1. The van der Waals surface area contributed by atoms with E-state index in [1.807, 2.05) is 0 Å². The van der Waals surface area contributed by atoms with Crippen LogP contribution in [0.1, 0.15) is 43.9 Å². The van der Waals surface area contributed by atoms with E-state index >= 15 is 0 Å². The molecule has 0 fully saturated rings. The molecule has 0 aromatic carbocycles. The second kappa shape index (κ2) is 10.8. The first-order chi connectivity index (χ1) is 12.6. The normalized spacial score (nSPS) is 14.1. The number of carbonyl (C=O) groups excluding carboxylic acids is 2. The molecule has 2 rings (SSSR count). The molecule has 2 N–H and O–H groups in total. The topological polar surface area (TPSA) is 89.6 Å². The van der Waals surface area contributed by atoms with Crippen LogP contribution >= 0.6 is 0 Å². The van der Waals surface area contributed by atoms with Crippen molar-refractivity contribution in [2.24, 2.45) is 0 Å². The van der Waals surface area contributed by atoms with Crippen molar-refractivity contribution in [1.82, 2.24) is 10.3 Å². The molecule has 26 heavy (non-hydrogen) atoms. The second-order valence-corrected chi connectivity index (χ2v) is 6.48. The van der Waals surface area contributed by atoms with Gasteiger partial charge in [-0.25, -0.2) is 9.78 Å². The van der Waals surface area contributed by atoms with Crippen LogP contribution in [0.2, 0.25) is 0 Å². The van der Waals surface area contributed by atoms with Crippen LogP contribution in [0.15, 0.2) is 12.1 Å². The summed E-state index contributed by atoms with van der Waals surface area (Å²) in [6.07, 6.45) is 5.53. The number of anilines is 1. The third kappa shape index (κ3) is 6.63. The monoisotopic (exact) mass is 363 g/mol. The fraction of sp³-hybridized carbons (Fsp3) is 0.632. The number of methoxy groups -OCH3 is 1. The van der Waals surface area contributed by atoms with Gasteiger partial charge in [-0.2, -0.15) is 0 Å². The minimum atomic E-state index is -0.648. The molecule has 7 nitrogen and oxygen atoms in total. The average Bonchev–Trinajstić information content (AvgIpc) is 2.65. The van der Waals surface area contributed by atoms with E-state index in [-0.39, 0.29) is 5.91 Å². The van der Waals surface area contributed by atoms with Gasteiger partial charge in [0.1, 0.15) is 11.9 Å². The summed E-state index contributed by atoms with van der Waals surface area (Å²) in [5.74, 6) is 0.333. The van der Waals surface area contributed by atoms with Crippen LogP contribution in [0.4, 0.5) is 5.82 Å². The van der Waals surface area contributed by atoms with Crippen molar-refractivity contribution < 1.29 is 19.1 Å². The lowest BCUT2D eigenvalue weighted by Gasteiger charge is -2.17. The summed E-state index contributed by atoms with van der Waals surface area (Å²) in [4.78, 5) is 27.4. The maximum absolute atomic E-state index is 11.6. The number of fused-ring (bicyclic) bond motifs is 1. The van der Waals surface area contributed by atoms with Gasteiger partial charge in [0, 0.05) is 38.8 Å². The maximum Gasteiger partial charge on any atom is 0.328 e. The first-order valence-electron chi connectivity index (χ1n) is 9.25. The number of carbonyl (C=O) groups is 2. The molecule has 1 aliphatic heterocycles. The van der Waals surface area contributed by atoms with Crippen LogP contribution in [0.3, 0.4) is 0 Å². The lowest BCUT2D eigenvalue weighted by Crippen LogP contribution is -2.41. The SMILES string of the molecule is COC(=O)C(CCOCCCCc1ccc2c(n1)NCCC2)NC(C)=O. The van der Waals surface area contributed by atoms with Crippen LogP contribution in [0.5, 0.6) is 0 Å². The molecule has 1 aromatic rings. The quantitative estimate of drug-likeness (QED) is 0.487. The third-order valence-electron chi connectivity index (χ3n) is 4.34. The average molecular weight is 363 g/mol. The summed E-state index contributed by atoms with van der Waals surface area (Å²) in [5.41, 5.74) is 2.41. The first-order valence-corrected chi connectivity index (χ1v) is 9.25. The van der Waals surface area contributed by atoms with Crippen molar-refractivity contribution in [3.8, 4) is 0 Å². The highest BCUT2D eigenvalue weighted by atomic mass is 16.5. The van der Waals surface area contributed by atoms with Crippen molar-refractivity contribution in [2.75, 3.05) is 32.2 Å². The number of rotatable bonds is 10. The van der Waals surface area contributed by atoms with Crippen LogP contribution < -0.4 is 10.6 Å². The minimum Gasteiger partial charge on any atom is -0.467 e.